The van der Waals surface area contributed by atoms with Gasteiger partial charge in [-0.05, 0) is 23.1 Å². The summed E-state index contributed by atoms with van der Waals surface area (Å²) in [4.78, 5) is 21.8. The summed E-state index contributed by atoms with van der Waals surface area (Å²) in [5, 5.41) is 15.0. The van der Waals surface area contributed by atoms with Gasteiger partial charge >= 0.3 is 0 Å². The molecule has 0 aliphatic carbocycles. The average molecular weight is 228 g/mol. The van der Waals surface area contributed by atoms with E-state index in [0.717, 1.165) is 16.6 Å². The topological polar surface area (TPSA) is 72.2 Å². The molecule has 0 spiro atoms. The molecule has 1 amide bonds. The Morgan fingerprint density at radius 3 is 2.88 bits per heavy atom. The standard InChI is InChI=1S/C12H8N2O3/c15-12-6-8-4-9-7(5-10(8)13-12)2-1-3-11(9)14(16)17/h1-5H,6H2,(H,13,15). The molecule has 84 valence electrons. The SMILES string of the molecule is O=C1Cc2cc3c([N+](=O)[O-])cccc3cc2N1. The van der Waals surface area contributed by atoms with E-state index in [-0.39, 0.29) is 18.0 Å². The van der Waals surface area contributed by atoms with Crippen molar-refractivity contribution in [1.82, 2.24) is 0 Å². The quantitative estimate of drug-likeness (QED) is 0.601. The highest BCUT2D eigenvalue weighted by Crippen LogP contribution is 2.33. The Morgan fingerprint density at radius 1 is 1.29 bits per heavy atom. The summed E-state index contributed by atoms with van der Waals surface area (Å²) in [5.41, 5.74) is 1.64. The Morgan fingerprint density at radius 2 is 2.12 bits per heavy atom. The molecule has 17 heavy (non-hydrogen) atoms. The number of carbonyl (C=O) groups excluding carboxylic acids is 1. The molecule has 0 fully saturated rings. The first-order valence-corrected chi connectivity index (χ1v) is 5.15. The van der Waals surface area contributed by atoms with Crippen molar-refractivity contribution in [3.05, 3.63) is 46.0 Å². The highest BCUT2D eigenvalue weighted by atomic mass is 16.6. The summed E-state index contributed by atoms with van der Waals surface area (Å²) in [6.07, 6.45) is 0.289. The number of fused-ring (bicyclic) bond motifs is 2. The molecule has 0 aromatic heterocycles. The van der Waals surface area contributed by atoms with Crippen molar-refractivity contribution in [2.75, 3.05) is 5.32 Å². The third kappa shape index (κ3) is 1.44. The van der Waals surface area contributed by atoms with Gasteiger partial charge in [-0.3, -0.25) is 14.9 Å². The van der Waals surface area contributed by atoms with E-state index in [4.69, 9.17) is 0 Å². The van der Waals surface area contributed by atoms with E-state index in [1.54, 1.807) is 24.3 Å². The molecule has 1 heterocycles. The molecule has 1 aliphatic rings. The van der Waals surface area contributed by atoms with E-state index in [0.29, 0.717) is 5.39 Å². The van der Waals surface area contributed by atoms with Gasteiger partial charge in [-0.1, -0.05) is 12.1 Å². The Balaban J connectivity index is 2.32. The summed E-state index contributed by atoms with van der Waals surface area (Å²) >= 11 is 0. The normalized spacial score (nSPS) is 13.5. The van der Waals surface area contributed by atoms with Crippen molar-refractivity contribution in [3.8, 4) is 0 Å². The van der Waals surface area contributed by atoms with Gasteiger partial charge in [0.25, 0.3) is 5.69 Å². The number of amides is 1. The van der Waals surface area contributed by atoms with Crippen LogP contribution in [0.15, 0.2) is 30.3 Å². The van der Waals surface area contributed by atoms with Gasteiger partial charge in [0, 0.05) is 11.8 Å². The van der Waals surface area contributed by atoms with E-state index < -0.39 is 4.92 Å². The minimum absolute atomic E-state index is 0.0713. The second-order valence-corrected chi connectivity index (χ2v) is 3.99. The molecule has 1 N–H and O–H groups in total. The Labute approximate surface area is 96.2 Å². The van der Waals surface area contributed by atoms with Gasteiger partial charge in [-0.25, -0.2) is 0 Å². The van der Waals surface area contributed by atoms with E-state index in [1.807, 2.05) is 0 Å². The summed E-state index contributed by atoms with van der Waals surface area (Å²) in [7, 11) is 0. The summed E-state index contributed by atoms with van der Waals surface area (Å²) in [6.45, 7) is 0. The van der Waals surface area contributed by atoms with Crippen LogP contribution in [0.2, 0.25) is 0 Å². The zero-order chi connectivity index (χ0) is 12.0. The molecule has 5 heteroatoms. The van der Waals surface area contributed by atoms with E-state index in [2.05, 4.69) is 5.32 Å². The zero-order valence-electron chi connectivity index (χ0n) is 8.77. The number of anilines is 1. The fourth-order valence-corrected chi connectivity index (χ4v) is 2.14. The van der Waals surface area contributed by atoms with Gasteiger partial charge in [-0.15, -0.1) is 0 Å². The number of hydrogen-bond acceptors (Lipinski definition) is 3. The molecule has 2 aromatic rings. The zero-order valence-corrected chi connectivity index (χ0v) is 8.77. The lowest BCUT2D eigenvalue weighted by Gasteiger charge is -2.03. The van der Waals surface area contributed by atoms with Gasteiger partial charge in [0.1, 0.15) is 0 Å². The first-order valence-electron chi connectivity index (χ1n) is 5.15. The maximum absolute atomic E-state index is 11.3. The first kappa shape index (κ1) is 9.77. The van der Waals surface area contributed by atoms with E-state index in [1.165, 1.54) is 6.07 Å². The molecule has 2 aromatic carbocycles. The van der Waals surface area contributed by atoms with Crippen LogP contribution in [0.25, 0.3) is 10.8 Å². The number of nitrogens with one attached hydrogen (secondary N) is 1. The number of benzene rings is 2. The van der Waals surface area contributed by atoms with Gasteiger partial charge in [0.05, 0.1) is 16.7 Å². The van der Waals surface area contributed by atoms with E-state index >= 15 is 0 Å². The summed E-state index contributed by atoms with van der Waals surface area (Å²) in [5.74, 6) is -0.0713. The first-order chi connectivity index (χ1) is 8.15. The lowest BCUT2D eigenvalue weighted by atomic mass is 10.0. The Kier molecular flexibility index (Phi) is 1.89. The molecule has 0 unspecified atom stereocenters. The molecule has 0 bridgehead atoms. The van der Waals surface area contributed by atoms with Crippen LogP contribution < -0.4 is 5.32 Å². The number of nitro benzene ring substituents is 1. The molecule has 0 saturated heterocycles. The maximum atomic E-state index is 11.3. The van der Waals surface area contributed by atoms with Gasteiger partial charge < -0.3 is 5.32 Å². The van der Waals surface area contributed by atoms with Crippen LogP contribution in [0.5, 0.6) is 0 Å². The average Bonchev–Trinajstić information content (AvgIpc) is 2.63. The van der Waals surface area contributed by atoms with Crippen LogP contribution in [0.1, 0.15) is 5.56 Å². The Bertz CT molecular complexity index is 664. The number of carbonyl (C=O) groups is 1. The lowest BCUT2D eigenvalue weighted by molar-refractivity contribution is -0.383. The minimum atomic E-state index is -0.404. The van der Waals surface area contributed by atoms with Crippen molar-refractivity contribution in [1.29, 1.82) is 0 Å². The summed E-state index contributed by atoms with van der Waals surface area (Å²) < 4.78 is 0. The van der Waals surface area contributed by atoms with Gasteiger partial charge in [0.2, 0.25) is 5.91 Å². The van der Waals surface area contributed by atoms with E-state index in [9.17, 15) is 14.9 Å². The van der Waals surface area contributed by atoms with Crippen LogP contribution in [-0.4, -0.2) is 10.8 Å². The highest BCUT2D eigenvalue weighted by molar-refractivity contribution is 6.04. The predicted molar refractivity (Wildman–Crippen MR) is 62.9 cm³/mol. The second kappa shape index (κ2) is 3.28. The predicted octanol–water partition coefficient (Wildman–Crippen LogP) is 2.24. The van der Waals surface area contributed by atoms with Gasteiger partial charge in [0.15, 0.2) is 0 Å². The van der Waals surface area contributed by atoms with Crippen molar-refractivity contribution >= 4 is 28.1 Å². The molecule has 5 nitrogen and oxygen atoms in total. The maximum Gasteiger partial charge on any atom is 0.277 e. The molecule has 0 radical (unpaired) electrons. The van der Waals surface area contributed by atoms with Crippen LogP contribution in [0, 0.1) is 10.1 Å². The smallest absolute Gasteiger partial charge is 0.277 e. The Hall–Kier alpha value is -2.43. The van der Waals surface area contributed by atoms with Crippen molar-refractivity contribution in [2.45, 2.75) is 6.42 Å². The number of nitro groups is 1. The third-order valence-electron chi connectivity index (χ3n) is 2.90. The number of nitrogens with zero attached hydrogens (tertiary/aromatic N) is 1. The molecular weight excluding hydrogens is 220 g/mol. The number of non-ortho nitro benzene ring substituents is 1. The highest BCUT2D eigenvalue weighted by Gasteiger charge is 2.20. The van der Waals surface area contributed by atoms with Crippen molar-refractivity contribution in [2.24, 2.45) is 0 Å². The van der Waals surface area contributed by atoms with Crippen molar-refractivity contribution < 1.29 is 9.72 Å². The molecular formula is C12H8N2O3. The third-order valence-corrected chi connectivity index (χ3v) is 2.90. The van der Waals surface area contributed by atoms with Crippen LogP contribution in [0.4, 0.5) is 11.4 Å². The van der Waals surface area contributed by atoms with Gasteiger partial charge in [-0.2, -0.15) is 0 Å². The largest absolute Gasteiger partial charge is 0.326 e. The molecule has 1 aliphatic heterocycles. The van der Waals surface area contributed by atoms with Crippen LogP contribution >= 0.6 is 0 Å². The molecule has 0 saturated carbocycles. The van der Waals surface area contributed by atoms with Crippen LogP contribution in [-0.2, 0) is 11.2 Å². The number of hydrogen-bond donors (Lipinski definition) is 1. The molecule has 0 atom stereocenters. The lowest BCUT2D eigenvalue weighted by Crippen LogP contribution is -2.03. The summed E-state index contributed by atoms with van der Waals surface area (Å²) in [6, 6.07) is 8.42. The minimum Gasteiger partial charge on any atom is -0.326 e. The fourth-order valence-electron chi connectivity index (χ4n) is 2.14. The second-order valence-electron chi connectivity index (χ2n) is 3.99. The fraction of sp³-hybridized carbons (Fsp3) is 0.0833. The number of rotatable bonds is 1. The van der Waals surface area contributed by atoms with Crippen LogP contribution in [0.3, 0.4) is 0 Å². The molecule has 3 rings (SSSR count). The monoisotopic (exact) mass is 228 g/mol. The van der Waals surface area contributed by atoms with Crippen molar-refractivity contribution in [3.63, 3.8) is 0 Å².